The minimum atomic E-state index is -0.983. The molecule has 106 valence electrons. The molecular weight excluding hydrogens is 252 g/mol. The summed E-state index contributed by atoms with van der Waals surface area (Å²) in [7, 11) is 1.69. The van der Waals surface area contributed by atoms with E-state index in [0.29, 0.717) is 6.42 Å². The molecule has 5 nitrogen and oxygen atoms in total. The van der Waals surface area contributed by atoms with Crippen LogP contribution in [0.1, 0.15) is 27.2 Å². The molecule has 2 N–H and O–H groups in total. The Morgan fingerprint density at radius 2 is 1.89 bits per heavy atom. The van der Waals surface area contributed by atoms with Crippen LogP contribution in [-0.4, -0.2) is 53.1 Å². The molecule has 0 fully saturated rings. The van der Waals surface area contributed by atoms with Crippen molar-refractivity contribution in [3.63, 3.8) is 0 Å². The Bertz CT molecular complexity index is 284. The van der Waals surface area contributed by atoms with Crippen molar-refractivity contribution in [1.29, 1.82) is 0 Å². The number of urea groups is 1. The molecule has 18 heavy (non-hydrogen) atoms. The monoisotopic (exact) mass is 276 g/mol. The number of carboxylic acid groups (broad SMARTS) is 1. The average molecular weight is 276 g/mol. The molecule has 0 radical (unpaired) electrons. The molecule has 0 saturated heterocycles. The van der Waals surface area contributed by atoms with E-state index in [9.17, 15) is 9.59 Å². The number of nitrogens with one attached hydrogen (secondary N) is 1. The van der Waals surface area contributed by atoms with Crippen molar-refractivity contribution >= 4 is 23.8 Å². The number of carbonyl (C=O) groups is 2. The van der Waals surface area contributed by atoms with Gasteiger partial charge in [-0.1, -0.05) is 13.8 Å². The number of carbonyl (C=O) groups excluding carboxylic acids is 1. The van der Waals surface area contributed by atoms with Gasteiger partial charge in [0.15, 0.2) is 0 Å². The summed E-state index contributed by atoms with van der Waals surface area (Å²) < 4.78 is 0. The number of aliphatic carboxylic acids is 1. The summed E-state index contributed by atoms with van der Waals surface area (Å²) >= 11 is 1.65. The van der Waals surface area contributed by atoms with Gasteiger partial charge in [0.05, 0.1) is 0 Å². The Labute approximate surface area is 113 Å². The SMILES string of the molecule is CSCC(C)N(C)C(=O)NC(CC(C)C)C(=O)O. The van der Waals surface area contributed by atoms with E-state index >= 15 is 0 Å². The maximum absolute atomic E-state index is 11.9. The minimum Gasteiger partial charge on any atom is -0.480 e. The number of hydrogen-bond acceptors (Lipinski definition) is 3. The molecule has 2 atom stereocenters. The van der Waals surface area contributed by atoms with Crippen LogP contribution in [-0.2, 0) is 4.79 Å². The minimum absolute atomic E-state index is 0.0773. The van der Waals surface area contributed by atoms with Crippen LogP contribution in [0.5, 0.6) is 0 Å². The first-order valence-electron chi connectivity index (χ1n) is 6.04. The first-order valence-corrected chi connectivity index (χ1v) is 7.44. The second-order valence-corrected chi connectivity index (χ2v) is 5.80. The number of amides is 2. The lowest BCUT2D eigenvalue weighted by Crippen LogP contribution is -2.50. The largest absolute Gasteiger partial charge is 0.480 e. The molecule has 2 amide bonds. The van der Waals surface area contributed by atoms with Gasteiger partial charge in [-0.3, -0.25) is 0 Å². The van der Waals surface area contributed by atoms with E-state index in [-0.39, 0.29) is 18.0 Å². The highest BCUT2D eigenvalue weighted by Crippen LogP contribution is 2.07. The lowest BCUT2D eigenvalue weighted by atomic mass is 10.0. The fourth-order valence-electron chi connectivity index (χ4n) is 1.50. The van der Waals surface area contributed by atoms with Gasteiger partial charge in [-0.15, -0.1) is 0 Å². The fourth-order valence-corrected chi connectivity index (χ4v) is 2.20. The zero-order chi connectivity index (χ0) is 14.3. The standard InChI is InChI=1S/C12H24N2O3S/c1-8(2)6-10(11(15)16)13-12(17)14(4)9(3)7-18-5/h8-10H,6-7H2,1-5H3,(H,13,17)(H,15,16). The van der Waals surface area contributed by atoms with Gasteiger partial charge in [0.25, 0.3) is 0 Å². The molecular formula is C12H24N2O3S. The summed E-state index contributed by atoms with van der Waals surface area (Å²) in [5.74, 6) is 0.0644. The van der Waals surface area contributed by atoms with Crippen LogP contribution in [0.25, 0.3) is 0 Å². The third kappa shape index (κ3) is 6.14. The highest BCUT2D eigenvalue weighted by Gasteiger charge is 2.24. The highest BCUT2D eigenvalue weighted by molar-refractivity contribution is 7.98. The number of thioether (sulfide) groups is 1. The Hall–Kier alpha value is -0.910. The first-order chi connectivity index (χ1) is 8.29. The maximum Gasteiger partial charge on any atom is 0.326 e. The Kier molecular flexibility index (Phi) is 7.82. The van der Waals surface area contributed by atoms with Crippen molar-refractivity contribution in [2.45, 2.75) is 39.3 Å². The fraction of sp³-hybridized carbons (Fsp3) is 0.833. The Morgan fingerprint density at radius 1 is 1.33 bits per heavy atom. The quantitative estimate of drug-likeness (QED) is 0.745. The second-order valence-electron chi connectivity index (χ2n) is 4.89. The molecule has 0 aliphatic carbocycles. The maximum atomic E-state index is 11.9. The first kappa shape index (κ1) is 17.1. The molecule has 6 heteroatoms. The Morgan fingerprint density at radius 3 is 2.28 bits per heavy atom. The lowest BCUT2D eigenvalue weighted by Gasteiger charge is -2.27. The Balaban J connectivity index is 4.45. The van der Waals surface area contributed by atoms with Crippen molar-refractivity contribution in [3.05, 3.63) is 0 Å². The van der Waals surface area contributed by atoms with Crippen molar-refractivity contribution in [2.75, 3.05) is 19.1 Å². The van der Waals surface area contributed by atoms with Crippen molar-refractivity contribution in [1.82, 2.24) is 10.2 Å². The molecule has 0 spiro atoms. The van der Waals surface area contributed by atoms with Crippen molar-refractivity contribution in [3.8, 4) is 0 Å². The van der Waals surface area contributed by atoms with Crippen LogP contribution < -0.4 is 5.32 Å². The molecule has 0 aromatic heterocycles. The molecule has 0 rings (SSSR count). The molecule has 0 aliphatic heterocycles. The number of hydrogen-bond donors (Lipinski definition) is 2. The summed E-state index contributed by atoms with van der Waals surface area (Å²) in [6, 6.07) is -1.07. The molecule has 0 heterocycles. The predicted octanol–water partition coefficient (Wildman–Crippen LogP) is 1.88. The van der Waals surface area contributed by atoms with Gasteiger partial charge >= 0.3 is 12.0 Å². The molecule has 0 aromatic carbocycles. The van der Waals surface area contributed by atoms with Gasteiger partial charge in [0.1, 0.15) is 6.04 Å². The van der Waals surface area contributed by atoms with E-state index in [0.717, 1.165) is 5.75 Å². The van der Waals surface area contributed by atoms with E-state index in [1.165, 1.54) is 0 Å². The summed E-state index contributed by atoms with van der Waals surface area (Å²) in [5, 5.41) is 11.6. The van der Waals surface area contributed by atoms with E-state index in [4.69, 9.17) is 5.11 Å². The van der Waals surface area contributed by atoms with Gasteiger partial charge in [0, 0.05) is 18.8 Å². The normalized spacial score (nSPS) is 14.1. The van der Waals surface area contributed by atoms with Crippen molar-refractivity contribution in [2.24, 2.45) is 5.92 Å². The topological polar surface area (TPSA) is 69.6 Å². The van der Waals surface area contributed by atoms with Crippen LogP contribution in [0.15, 0.2) is 0 Å². The molecule has 0 bridgehead atoms. The zero-order valence-electron chi connectivity index (χ0n) is 11.8. The summed E-state index contributed by atoms with van der Waals surface area (Å²) in [5.41, 5.74) is 0. The van der Waals surface area contributed by atoms with Crippen LogP contribution >= 0.6 is 11.8 Å². The van der Waals surface area contributed by atoms with Gasteiger partial charge in [-0.05, 0) is 25.5 Å². The highest BCUT2D eigenvalue weighted by atomic mass is 32.2. The number of carboxylic acids is 1. The second kappa shape index (κ2) is 8.24. The van der Waals surface area contributed by atoms with E-state index in [1.54, 1.807) is 23.7 Å². The smallest absolute Gasteiger partial charge is 0.326 e. The third-order valence-electron chi connectivity index (χ3n) is 2.69. The lowest BCUT2D eigenvalue weighted by molar-refractivity contribution is -0.139. The summed E-state index contributed by atoms with van der Waals surface area (Å²) in [4.78, 5) is 24.5. The third-order valence-corrected chi connectivity index (χ3v) is 3.51. The molecule has 0 aromatic rings. The van der Waals surface area contributed by atoms with Gasteiger partial charge in [-0.2, -0.15) is 11.8 Å². The van der Waals surface area contributed by atoms with Crippen LogP contribution in [0.4, 0.5) is 4.79 Å². The molecule has 2 unspecified atom stereocenters. The van der Waals surface area contributed by atoms with E-state index in [1.807, 2.05) is 27.0 Å². The van der Waals surface area contributed by atoms with Gasteiger partial charge in [0.2, 0.25) is 0 Å². The van der Waals surface area contributed by atoms with Crippen LogP contribution in [0.3, 0.4) is 0 Å². The van der Waals surface area contributed by atoms with Crippen molar-refractivity contribution < 1.29 is 14.7 Å². The van der Waals surface area contributed by atoms with Crippen LogP contribution in [0.2, 0.25) is 0 Å². The van der Waals surface area contributed by atoms with Gasteiger partial charge < -0.3 is 15.3 Å². The average Bonchev–Trinajstić information content (AvgIpc) is 2.26. The zero-order valence-corrected chi connectivity index (χ0v) is 12.6. The summed E-state index contributed by atoms with van der Waals surface area (Å²) in [6.45, 7) is 5.80. The molecule has 0 saturated carbocycles. The summed E-state index contributed by atoms with van der Waals surface area (Å²) in [6.07, 6.45) is 2.41. The molecule has 0 aliphatic rings. The van der Waals surface area contributed by atoms with E-state index in [2.05, 4.69) is 5.32 Å². The number of rotatable bonds is 7. The van der Waals surface area contributed by atoms with Gasteiger partial charge in [-0.25, -0.2) is 9.59 Å². The predicted molar refractivity (Wildman–Crippen MR) is 75.0 cm³/mol. The van der Waals surface area contributed by atoms with E-state index < -0.39 is 12.0 Å². The van der Waals surface area contributed by atoms with Crippen LogP contribution in [0, 0.1) is 5.92 Å². The number of nitrogens with zero attached hydrogens (tertiary/aromatic N) is 1.